The average Bonchev–Trinajstić information content (AvgIpc) is 3.03. The van der Waals surface area contributed by atoms with Crippen LogP contribution >= 0.6 is 0 Å². The van der Waals surface area contributed by atoms with Crippen molar-refractivity contribution in [3.63, 3.8) is 0 Å². The highest BCUT2D eigenvalue weighted by Gasteiger charge is 2.44. The van der Waals surface area contributed by atoms with Gasteiger partial charge >= 0.3 is 6.09 Å². The Kier molecular flexibility index (Phi) is 17.2. The third kappa shape index (κ3) is 11.8. The molecule has 0 aromatic heterocycles. The van der Waals surface area contributed by atoms with Crippen LogP contribution in [0.3, 0.4) is 0 Å². The second-order valence-electron chi connectivity index (χ2n) is 13.1. The maximum absolute atomic E-state index is 11.9. The lowest BCUT2D eigenvalue weighted by Gasteiger charge is -2.52. The van der Waals surface area contributed by atoms with Crippen LogP contribution in [0.1, 0.15) is 106 Å². The number of rotatable bonds is 2. The van der Waals surface area contributed by atoms with Crippen molar-refractivity contribution < 1.29 is 24.5 Å². The molecular weight excluding hydrogens is 578 g/mol. The van der Waals surface area contributed by atoms with Gasteiger partial charge in [-0.2, -0.15) is 0 Å². The summed E-state index contributed by atoms with van der Waals surface area (Å²) in [6.45, 7) is 27.3. The Balaban J connectivity index is 0.000000389. The number of fused-ring (bicyclic) bond motifs is 2. The molecule has 5 rings (SSSR count). The number of hydrogen-bond donors (Lipinski definition) is 2. The molecule has 8 heteroatoms. The van der Waals surface area contributed by atoms with E-state index in [1.54, 1.807) is 23.1 Å². The molecule has 0 saturated carbocycles. The highest BCUT2D eigenvalue weighted by molar-refractivity contribution is 5.68. The molecule has 3 aliphatic heterocycles. The van der Waals surface area contributed by atoms with Crippen molar-refractivity contribution in [2.45, 2.75) is 119 Å². The van der Waals surface area contributed by atoms with Crippen LogP contribution in [0.25, 0.3) is 0 Å². The number of amides is 2. The molecular formula is C38H63N3O5. The molecule has 8 nitrogen and oxygen atoms in total. The highest BCUT2D eigenvalue weighted by atomic mass is 16.6. The van der Waals surface area contributed by atoms with Gasteiger partial charge in [-0.15, -0.1) is 0 Å². The molecule has 2 aromatic carbocycles. The maximum Gasteiger partial charge on any atom is 0.410 e. The number of ether oxygens (including phenoxy) is 1. The van der Waals surface area contributed by atoms with E-state index in [1.807, 2.05) is 71.6 Å². The molecule has 0 radical (unpaired) electrons. The Morgan fingerprint density at radius 2 is 1.59 bits per heavy atom. The van der Waals surface area contributed by atoms with Gasteiger partial charge in [0.1, 0.15) is 17.1 Å². The molecule has 0 aliphatic carbocycles. The molecule has 2 amide bonds. The highest BCUT2D eigenvalue weighted by Crippen LogP contribution is 2.43. The summed E-state index contributed by atoms with van der Waals surface area (Å²) in [5, 5.41) is 19.3. The van der Waals surface area contributed by atoms with Gasteiger partial charge in [0.2, 0.25) is 6.41 Å². The largest absolute Gasteiger partial charge is 0.508 e. The SMILES string of the molecule is CC.CC.CC(C)(C)OC(=O)N1CCc2ccc(O)cc2C1.CCC.C[C@H]1CN2CCN(C=O)C[C@H]2C[C@@]1(C)c1cccc(O)c1. The summed E-state index contributed by atoms with van der Waals surface area (Å²) in [4.78, 5) is 29.1. The molecule has 260 valence electrons. The lowest BCUT2D eigenvalue weighted by atomic mass is 9.65. The van der Waals surface area contributed by atoms with Crippen LogP contribution in [-0.4, -0.2) is 81.8 Å². The summed E-state index contributed by atoms with van der Waals surface area (Å²) in [6, 6.07) is 13.4. The molecule has 2 aromatic rings. The molecule has 0 bridgehead atoms. The van der Waals surface area contributed by atoms with Crippen LogP contribution in [0, 0.1) is 5.92 Å². The van der Waals surface area contributed by atoms with Crippen LogP contribution < -0.4 is 0 Å². The van der Waals surface area contributed by atoms with Gasteiger partial charge in [-0.3, -0.25) is 9.69 Å². The van der Waals surface area contributed by atoms with Gasteiger partial charge in [0.15, 0.2) is 0 Å². The molecule has 3 atom stereocenters. The maximum atomic E-state index is 11.9. The van der Waals surface area contributed by atoms with Crippen molar-refractivity contribution in [2.24, 2.45) is 5.92 Å². The lowest BCUT2D eigenvalue weighted by molar-refractivity contribution is -0.122. The van der Waals surface area contributed by atoms with Gasteiger partial charge < -0.3 is 24.7 Å². The predicted molar refractivity (Wildman–Crippen MR) is 189 cm³/mol. The minimum Gasteiger partial charge on any atom is -0.508 e. The minimum absolute atomic E-state index is 0.0474. The zero-order valence-electron chi connectivity index (χ0n) is 30.6. The first-order chi connectivity index (χ1) is 21.8. The van der Waals surface area contributed by atoms with Crippen molar-refractivity contribution in [1.82, 2.24) is 14.7 Å². The molecule has 2 fully saturated rings. The Hall–Kier alpha value is -3.26. The van der Waals surface area contributed by atoms with Crippen LogP contribution in [0.4, 0.5) is 4.79 Å². The summed E-state index contributed by atoms with van der Waals surface area (Å²) < 4.78 is 5.35. The number of carbonyl (C=O) groups excluding carboxylic acids is 2. The van der Waals surface area contributed by atoms with Crippen molar-refractivity contribution >= 4 is 12.5 Å². The third-order valence-electron chi connectivity index (χ3n) is 8.40. The number of piperazine rings is 1. The summed E-state index contributed by atoms with van der Waals surface area (Å²) in [5.41, 5.74) is 2.96. The van der Waals surface area contributed by atoms with Crippen LogP contribution in [0.2, 0.25) is 0 Å². The average molecular weight is 642 g/mol. The van der Waals surface area contributed by atoms with E-state index in [-0.39, 0.29) is 17.3 Å². The first-order valence-electron chi connectivity index (χ1n) is 17.3. The van der Waals surface area contributed by atoms with Crippen LogP contribution in [0.15, 0.2) is 42.5 Å². The molecule has 3 heterocycles. The smallest absolute Gasteiger partial charge is 0.410 e. The molecule has 3 aliphatic rings. The second kappa shape index (κ2) is 19.4. The third-order valence-corrected chi connectivity index (χ3v) is 8.40. The van der Waals surface area contributed by atoms with E-state index in [0.717, 1.165) is 51.0 Å². The fourth-order valence-corrected chi connectivity index (χ4v) is 5.98. The standard InChI is InChI=1S/C17H24N2O2.C14H19NO3.C3H8.2C2H6/c1-13-10-19-7-6-18(12-20)11-15(19)9-17(13,2)14-4-3-5-16(21)8-14;1-14(2,3)18-13(17)15-7-6-10-4-5-12(16)8-11(10)9-15;1-3-2;2*1-2/h3-5,8,12-13,15,21H,6-7,9-11H2,1-2H3;4-5,8,16H,6-7,9H2,1-3H3;3H2,1-2H3;2*1-2H3/t13-,15+,17+;;;;/m0..../s1. The van der Waals surface area contributed by atoms with E-state index in [1.165, 1.54) is 17.5 Å². The Labute approximate surface area is 279 Å². The molecule has 2 saturated heterocycles. The molecule has 46 heavy (non-hydrogen) atoms. The summed E-state index contributed by atoms with van der Waals surface area (Å²) in [7, 11) is 0. The van der Waals surface area contributed by atoms with Gasteiger partial charge in [0.05, 0.1) is 0 Å². The Bertz CT molecular complexity index is 1200. The first-order valence-corrected chi connectivity index (χ1v) is 17.3. The first kappa shape index (κ1) is 40.8. The van der Waals surface area contributed by atoms with Crippen molar-refractivity contribution in [3.05, 3.63) is 59.2 Å². The van der Waals surface area contributed by atoms with Crippen LogP contribution in [0.5, 0.6) is 11.5 Å². The van der Waals surface area contributed by atoms with Gasteiger partial charge in [0, 0.05) is 45.3 Å². The monoisotopic (exact) mass is 641 g/mol. The summed E-state index contributed by atoms with van der Waals surface area (Å²) in [6.07, 6.45) is 3.76. The number of benzene rings is 2. The predicted octanol–water partition coefficient (Wildman–Crippen LogP) is 7.99. The molecule has 0 spiro atoms. The number of aromatic hydroxyl groups is 2. The van der Waals surface area contributed by atoms with Gasteiger partial charge in [0.25, 0.3) is 0 Å². The van der Waals surface area contributed by atoms with Crippen molar-refractivity contribution in [1.29, 1.82) is 0 Å². The van der Waals surface area contributed by atoms with Gasteiger partial charge in [-0.05, 0) is 85.9 Å². The van der Waals surface area contributed by atoms with E-state index in [4.69, 9.17) is 4.74 Å². The lowest BCUT2D eigenvalue weighted by Crippen LogP contribution is -2.60. The van der Waals surface area contributed by atoms with Gasteiger partial charge in [-0.1, -0.05) is 80.0 Å². The van der Waals surface area contributed by atoms with Gasteiger partial charge in [-0.25, -0.2) is 4.79 Å². The Morgan fingerprint density at radius 1 is 0.957 bits per heavy atom. The number of piperidine rings is 1. The fourth-order valence-electron chi connectivity index (χ4n) is 5.98. The normalized spacial score (nSPS) is 21.9. The second-order valence-corrected chi connectivity index (χ2v) is 13.1. The number of phenolic OH excluding ortho intramolecular Hbond substituents is 2. The topological polar surface area (TPSA) is 93.5 Å². The molecule has 0 unspecified atom stereocenters. The van der Waals surface area contributed by atoms with E-state index in [2.05, 4.69) is 38.7 Å². The summed E-state index contributed by atoms with van der Waals surface area (Å²) >= 11 is 0. The minimum atomic E-state index is -0.476. The van der Waals surface area contributed by atoms with E-state index < -0.39 is 5.60 Å². The zero-order valence-corrected chi connectivity index (χ0v) is 30.6. The number of phenols is 2. The van der Waals surface area contributed by atoms with E-state index >= 15 is 0 Å². The fraction of sp³-hybridized carbons (Fsp3) is 0.632. The number of nitrogens with zero attached hydrogens (tertiary/aromatic N) is 3. The van der Waals surface area contributed by atoms with Crippen LogP contribution in [-0.2, 0) is 27.9 Å². The van der Waals surface area contributed by atoms with Crippen molar-refractivity contribution in [3.8, 4) is 11.5 Å². The number of hydrogen-bond acceptors (Lipinski definition) is 6. The quantitative estimate of drug-likeness (QED) is 0.323. The Morgan fingerprint density at radius 3 is 2.17 bits per heavy atom. The zero-order chi connectivity index (χ0) is 35.1. The van der Waals surface area contributed by atoms with E-state index in [0.29, 0.717) is 30.8 Å². The number of carbonyl (C=O) groups is 2. The van der Waals surface area contributed by atoms with E-state index in [9.17, 15) is 19.8 Å². The van der Waals surface area contributed by atoms with Crippen molar-refractivity contribution in [2.75, 3.05) is 32.7 Å². The summed E-state index contributed by atoms with van der Waals surface area (Å²) in [5.74, 6) is 1.10. The molecule has 2 N–H and O–H groups in total.